The van der Waals surface area contributed by atoms with Crippen LogP contribution in [0, 0.1) is 5.82 Å². The van der Waals surface area contributed by atoms with Gasteiger partial charge in [-0.25, -0.2) is 9.37 Å². The summed E-state index contributed by atoms with van der Waals surface area (Å²) < 4.78 is 50.3. The lowest BCUT2D eigenvalue weighted by Gasteiger charge is -2.08. The Labute approximate surface area is 98.1 Å². The first-order valence-corrected chi connectivity index (χ1v) is 4.80. The molecule has 1 aromatic heterocycles. The van der Waals surface area contributed by atoms with E-state index in [-0.39, 0.29) is 11.3 Å². The normalized spacial score (nSPS) is 11.6. The van der Waals surface area contributed by atoms with Crippen LogP contribution in [0.2, 0.25) is 0 Å². The Morgan fingerprint density at radius 3 is 2.44 bits per heavy atom. The van der Waals surface area contributed by atoms with Crippen LogP contribution in [0.4, 0.5) is 17.6 Å². The summed E-state index contributed by atoms with van der Waals surface area (Å²) in [7, 11) is 0. The molecule has 0 atom stereocenters. The zero-order valence-electron chi connectivity index (χ0n) is 8.75. The van der Waals surface area contributed by atoms with E-state index >= 15 is 0 Å². The van der Waals surface area contributed by atoms with Crippen LogP contribution in [0.25, 0.3) is 11.3 Å². The third kappa shape index (κ3) is 2.39. The molecule has 2 rings (SSSR count). The summed E-state index contributed by atoms with van der Waals surface area (Å²) in [6.45, 7) is 0. The molecule has 0 aliphatic rings. The molecule has 0 saturated heterocycles. The van der Waals surface area contributed by atoms with Crippen LogP contribution in [0.3, 0.4) is 0 Å². The monoisotopic (exact) mass is 258 g/mol. The minimum atomic E-state index is -4.75. The molecule has 0 bridgehead atoms. The second kappa shape index (κ2) is 4.25. The van der Waals surface area contributed by atoms with Crippen molar-refractivity contribution in [1.29, 1.82) is 0 Å². The van der Waals surface area contributed by atoms with Crippen molar-refractivity contribution in [2.45, 2.75) is 6.18 Å². The number of benzene rings is 1. The maximum Gasteiger partial charge on any atom is 0.419 e. The number of alkyl halides is 3. The number of rotatable bonds is 1. The first kappa shape index (κ1) is 12.3. The predicted octanol–water partition coefficient (Wildman–Crippen LogP) is 2.59. The number of hydrogen-bond donors (Lipinski definition) is 1. The molecule has 0 aliphatic carbocycles. The van der Waals surface area contributed by atoms with Crippen molar-refractivity contribution in [2.24, 2.45) is 0 Å². The minimum Gasteiger partial charge on any atom is -0.313 e. The average Bonchev–Trinajstić information content (AvgIpc) is 2.27. The summed E-state index contributed by atoms with van der Waals surface area (Å²) in [5, 5.41) is 0. The minimum absolute atomic E-state index is 0.103. The quantitative estimate of drug-likeness (QED) is 0.799. The number of nitrogens with one attached hydrogen (secondary N) is 1. The number of H-pyrrole nitrogens is 1. The molecule has 0 amide bonds. The summed E-state index contributed by atoms with van der Waals surface area (Å²) in [5.74, 6) is -1.40. The Kier molecular flexibility index (Phi) is 2.90. The third-order valence-corrected chi connectivity index (χ3v) is 2.25. The van der Waals surface area contributed by atoms with Crippen LogP contribution >= 0.6 is 0 Å². The molecule has 0 aliphatic heterocycles. The molecule has 0 spiro atoms. The summed E-state index contributed by atoms with van der Waals surface area (Å²) in [4.78, 5) is 17.0. The van der Waals surface area contributed by atoms with Crippen molar-refractivity contribution in [3.05, 3.63) is 52.3 Å². The molecule has 1 aromatic carbocycles. The average molecular weight is 258 g/mol. The Morgan fingerprint density at radius 1 is 1.17 bits per heavy atom. The van der Waals surface area contributed by atoms with Gasteiger partial charge in [-0.2, -0.15) is 13.2 Å². The van der Waals surface area contributed by atoms with Gasteiger partial charge in [0.05, 0.1) is 17.6 Å². The SMILES string of the molecule is O=c1cc(-c2ccc(C(F)(F)F)c(F)c2)nc[nH]1. The smallest absolute Gasteiger partial charge is 0.313 e. The van der Waals surface area contributed by atoms with Crippen LogP contribution in [-0.2, 0) is 6.18 Å². The highest BCUT2D eigenvalue weighted by molar-refractivity contribution is 5.59. The summed E-state index contributed by atoms with van der Waals surface area (Å²) >= 11 is 0. The van der Waals surface area contributed by atoms with Gasteiger partial charge in [0.25, 0.3) is 5.56 Å². The zero-order valence-corrected chi connectivity index (χ0v) is 8.75. The second-order valence-electron chi connectivity index (χ2n) is 3.49. The van der Waals surface area contributed by atoms with Gasteiger partial charge in [-0.15, -0.1) is 0 Å². The van der Waals surface area contributed by atoms with Crippen LogP contribution in [-0.4, -0.2) is 9.97 Å². The van der Waals surface area contributed by atoms with Crippen molar-refractivity contribution in [1.82, 2.24) is 9.97 Å². The Morgan fingerprint density at radius 2 is 1.89 bits per heavy atom. The van der Waals surface area contributed by atoms with Gasteiger partial charge in [0.15, 0.2) is 0 Å². The highest BCUT2D eigenvalue weighted by Crippen LogP contribution is 2.32. The lowest BCUT2D eigenvalue weighted by molar-refractivity contribution is -0.139. The molecule has 18 heavy (non-hydrogen) atoms. The lowest BCUT2D eigenvalue weighted by atomic mass is 10.1. The molecule has 1 N–H and O–H groups in total. The molecule has 0 unspecified atom stereocenters. The maximum absolute atomic E-state index is 13.3. The van der Waals surface area contributed by atoms with E-state index in [1.165, 1.54) is 0 Å². The topological polar surface area (TPSA) is 45.8 Å². The molecule has 3 nitrogen and oxygen atoms in total. The predicted molar refractivity (Wildman–Crippen MR) is 55.3 cm³/mol. The van der Waals surface area contributed by atoms with Crippen LogP contribution in [0.15, 0.2) is 35.4 Å². The molecule has 0 saturated carbocycles. The van der Waals surface area contributed by atoms with Crippen molar-refractivity contribution in [3.63, 3.8) is 0 Å². The molecule has 0 radical (unpaired) electrons. The van der Waals surface area contributed by atoms with E-state index in [2.05, 4.69) is 9.97 Å². The van der Waals surface area contributed by atoms with Crippen LogP contribution in [0.1, 0.15) is 5.56 Å². The number of aromatic nitrogens is 2. The van der Waals surface area contributed by atoms with Gasteiger partial charge < -0.3 is 4.98 Å². The fraction of sp³-hybridized carbons (Fsp3) is 0.0909. The zero-order chi connectivity index (χ0) is 13.3. The Hall–Kier alpha value is -2.18. The molecular weight excluding hydrogens is 252 g/mol. The van der Waals surface area contributed by atoms with E-state index in [4.69, 9.17) is 0 Å². The fourth-order valence-corrected chi connectivity index (χ4v) is 1.43. The first-order chi connectivity index (χ1) is 8.38. The first-order valence-electron chi connectivity index (χ1n) is 4.80. The van der Waals surface area contributed by atoms with Crippen molar-refractivity contribution in [3.8, 4) is 11.3 Å². The van der Waals surface area contributed by atoms with Gasteiger partial charge in [-0.3, -0.25) is 4.79 Å². The Balaban J connectivity index is 2.50. The Bertz CT molecular complexity index is 633. The van der Waals surface area contributed by atoms with E-state index in [1.807, 2.05) is 0 Å². The lowest BCUT2D eigenvalue weighted by Crippen LogP contribution is -2.08. The van der Waals surface area contributed by atoms with E-state index in [0.29, 0.717) is 12.1 Å². The molecule has 94 valence electrons. The highest BCUT2D eigenvalue weighted by atomic mass is 19.4. The summed E-state index contributed by atoms with van der Waals surface area (Å²) in [6, 6.07) is 3.45. The molecule has 2 aromatic rings. The van der Waals surface area contributed by atoms with Gasteiger partial charge in [0.2, 0.25) is 0 Å². The standard InChI is InChI=1S/C11H6F4N2O/c12-8-3-6(1-2-7(8)11(13,14)15)9-4-10(18)17-5-16-9/h1-5H,(H,16,17,18). The van der Waals surface area contributed by atoms with E-state index in [1.54, 1.807) is 0 Å². The van der Waals surface area contributed by atoms with Gasteiger partial charge in [-0.1, -0.05) is 6.07 Å². The largest absolute Gasteiger partial charge is 0.419 e. The van der Waals surface area contributed by atoms with Crippen molar-refractivity contribution < 1.29 is 17.6 Å². The van der Waals surface area contributed by atoms with Gasteiger partial charge >= 0.3 is 6.18 Å². The molecule has 7 heteroatoms. The van der Waals surface area contributed by atoms with Crippen LogP contribution in [0.5, 0.6) is 0 Å². The van der Waals surface area contributed by atoms with Gasteiger partial charge in [0, 0.05) is 11.6 Å². The number of halogens is 4. The van der Waals surface area contributed by atoms with E-state index in [9.17, 15) is 22.4 Å². The number of hydrogen-bond acceptors (Lipinski definition) is 2. The maximum atomic E-state index is 13.3. The number of aromatic amines is 1. The van der Waals surface area contributed by atoms with E-state index in [0.717, 1.165) is 18.5 Å². The van der Waals surface area contributed by atoms with E-state index < -0.39 is 23.1 Å². The third-order valence-electron chi connectivity index (χ3n) is 2.25. The second-order valence-corrected chi connectivity index (χ2v) is 3.49. The molecule has 1 heterocycles. The van der Waals surface area contributed by atoms with Crippen LogP contribution < -0.4 is 5.56 Å². The number of nitrogens with zero attached hydrogens (tertiary/aromatic N) is 1. The van der Waals surface area contributed by atoms with Crippen molar-refractivity contribution >= 4 is 0 Å². The summed E-state index contributed by atoms with van der Waals surface area (Å²) in [5.41, 5.74) is -1.62. The van der Waals surface area contributed by atoms with Crippen molar-refractivity contribution in [2.75, 3.05) is 0 Å². The highest BCUT2D eigenvalue weighted by Gasteiger charge is 2.33. The fourth-order valence-electron chi connectivity index (χ4n) is 1.43. The van der Waals surface area contributed by atoms with Gasteiger partial charge in [0.1, 0.15) is 5.82 Å². The summed E-state index contributed by atoms with van der Waals surface area (Å²) in [6.07, 6.45) is -3.66. The molecular formula is C11H6F4N2O. The van der Waals surface area contributed by atoms with Gasteiger partial charge in [-0.05, 0) is 12.1 Å². The molecule has 0 fully saturated rings.